The van der Waals surface area contributed by atoms with Crippen LogP contribution in [0.5, 0.6) is 0 Å². The molecular formula is C17H18N6O2. The number of benzene rings is 1. The number of carbonyl (C=O) groups excluding carboxylic acids is 1. The number of hydrogen-bond acceptors (Lipinski definition) is 5. The number of nitrogens with zero attached hydrogens (tertiary/aromatic N) is 4. The van der Waals surface area contributed by atoms with Crippen molar-refractivity contribution in [3.05, 3.63) is 46.9 Å². The summed E-state index contributed by atoms with van der Waals surface area (Å²) in [5.74, 6) is 0.244. The highest BCUT2D eigenvalue weighted by Gasteiger charge is 2.38. The summed E-state index contributed by atoms with van der Waals surface area (Å²) in [6.07, 6.45) is 2.10. The molecule has 2 atom stereocenters. The molecule has 0 spiro atoms. The number of anilines is 2. The Morgan fingerprint density at radius 3 is 2.76 bits per heavy atom. The van der Waals surface area contributed by atoms with Gasteiger partial charge in [-0.25, -0.2) is 0 Å². The third-order valence-electron chi connectivity index (χ3n) is 4.50. The number of aromatic nitrogens is 4. The first-order chi connectivity index (χ1) is 12.0. The van der Waals surface area contributed by atoms with Crippen molar-refractivity contribution in [1.82, 2.24) is 19.7 Å². The Kier molecular flexibility index (Phi) is 3.52. The van der Waals surface area contributed by atoms with Gasteiger partial charge < -0.3 is 10.2 Å². The molecule has 2 N–H and O–H groups in total. The topological polar surface area (TPSA) is 95.9 Å². The van der Waals surface area contributed by atoms with Crippen molar-refractivity contribution in [2.45, 2.75) is 25.4 Å². The lowest BCUT2D eigenvalue weighted by molar-refractivity contribution is -0.117. The molecule has 0 unspecified atom stereocenters. The second kappa shape index (κ2) is 5.73. The molecule has 2 aromatic heterocycles. The average molecular weight is 338 g/mol. The van der Waals surface area contributed by atoms with Crippen LogP contribution in [0.2, 0.25) is 0 Å². The number of H-pyrrole nitrogens is 1. The number of amides is 1. The van der Waals surface area contributed by atoms with Crippen LogP contribution in [0.25, 0.3) is 11.0 Å². The lowest BCUT2D eigenvalue weighted by atomic mass is 10.2. The van der Waals surface area contributed by atoms with E-state index in [0.29, 0.717) is 17.5 Å². The second-order valence-corrected chi connectivity index (χ2v) is 6.25. The molecule has 0 saturated carbocycles. The minimum atomic E-state index is -0.441. The minimum Gasteiger partial charge on any atom is -0.344 e. The van der Waals surface area contributed by atoms with Crippen LogP contribution in [0.15, 0.2) is 41.3 Å². The van der Waals surface area contributed by atoms with Crippen molar-refractivity contribution >= 4 is 28.6 Å². The van der Waals surface area contributed by atoms with Crippen molar-refractivity contribution in [3.8, 4) is 0 Å². The van der Waals surface area contributed by atoms with E-state index in [2.05, 4.69) is 20.4 Å². The fourth-order valence-corrected chi connectivity index (χ4v) is 3.29. The molecule has 1 amide bonds. The Morgan fingerprint density at radius 1 is 1.24 bits per heavy atom. The van der Waals surface area contributed by atoms with Crippen LogP contribution in [0.3, 0.4) is 0 Å². The average Bonchev–Trinajstić information content (AvgIpc) is 3.09. The minimum absolute atomic E-state index is 0.0357. The largest absolute Gasteiger partial charge is 0.344 e. The van der Waals surface area contributed by atoms with E-state index < -0.39 is 6.04 Å². The SMILES string of the molecule is C[C@@H]1C[C@@H](Nc2nc3c(cnn3C)c(=O)[nH]2)C(=O)N1c1ccccc1. The van der Waals surface area contributed by atoms with E-state index in [-0.39, 0.29) is 23.5 Å². The molecule has 0 radical (unpaired) electrons. The molecule has 3 heterocycles. The Morgan fingerprint density at radius 2 is 2.00 bits per heavy atom. The first kappa shape index (κ1) is 15.4. The van der Waals surface area contributed by atoms with Crippen molar-refractivity contribution in [2.24, 2.45) is 7.05 Å². The van der Waals surface area contributed by atoms with E-state index in [1.54, 1.807) is 11.9 Å². The first-order valence-corrected chi connectivity index (χ1v) is 8.11. The van der Waals surface area contributed by atoms with E-state index in [4.69, 9.17) is 0 Å². The van der Waals surface area contributed by atoms with Crippen molar-refractivity contribution in [3.63, 3.8) is 0 Å². The van der Waals surface area contributed by atoms with Gasteiger partial charge in [0.1, 0.15) is 11.4 Å². The van der Waals surface area contributed by atoms with Crippen LogP contribution in [-0.2, 0) is 11.8 Å². The Hall–Kier alpha value is -3.16. The molecule has 1 saturated heterocycles. The molecule has 8 heteroatoms. The second-order valence-electron chi connectivity index (χ2n) is 6.25. The van der Waals surface area contributed by atoms with Crippen LogP contribution >= 0.6 is 0 Å². The van der Waals surface area contributed by atoms with Gasteiger partial charge >= 0.3 is 0 Å². The third kappa shape index (κ3) is 2.55. The Bertz CT molecular complexity index is 993. The van der Waals surface area contributed by atoms with Gasteiger partial charge in [0.15, 0.2) is 5.65 Å². The van der Waals surface area contributed by atoms with E-state index >= 15 is 0 Å². The molecule has 1 aliphatic heterocycles. The summed E-state index contributed by atoms with van der Waals surface area (Å²) in [7, 11) is 1.72. The fraction of sp³-hybridized carbons (Fsp3) is 0.294. The molecule has 3 aromatic rings. The van der Waals surface area contributed by atoms with Gasteiger partial charge in [0, 0.05) is 18.8 Å². The smallest absolute Gasteiger partial charge is 0.263 e. The summed E-state index contributed by atoms with van der Waals surface area (Å²) >= 11 is 0. The molecule has 8 nitrogen and oxygen atoms in total. The van der Waals surface area contributed by atoms with Gasteiger partial charge in [0.05, 0.1) is 6.20 Å². The number of hydrogen-bond donors (Lipinski definition) is 2. The monoisotopic (exact) mass is 338 g/mol. The number of nitrogens with one attached hydrogen (secondary N) is 2. The summed E-state index contributed by atoms with van der Waals surface area (Å²) in [6.45, 7) is 2.01. The number of carbonyl (C=O) groups is 1. The quantitative estimate of drug-likeness (QED) is 0.749. The normalized spacial score (nSPS) is 20.4. The molecule has 1 aliphatic rings. The standard InChI is InChI=1S/C17H18N6O2/c1-10-8-13(16(25)23(10)11-6-4-3-5-7-11)19-17-20-14-12(15(24)21-17)9-18-22(14)2/h3-7,9-10,13H,8H2,1-2H3,(H2,19,20,21,24)/t10-,13-/m1/s1. The van der Waals surface area contributed by atoms with Crippen LogP contribution in [-0.4, -0.2) is 37.7 Å². The summed E-state index contributed by atoms with van der Waals surface area (Å²) in [5.41, 5.74) is 1.07. The molecule has 4 rings (SSSR count). The molecule has 1 fully saturated rings. The predicted molar refractivity (Wildman–Crippen MR) is 94.5 cm³/mol. The molecule has 25 heavy (non-hydrogen) atoms. The number of rotatable bonds is 3. The first-order valence-electron chi connectivity index (χ1n) is 8.11. The Balaban J connectivity index is 1.62. The molecule has 0 bridgehead atoms. The van der Waals surface area contributed by atoms with E-state index in [0.717, 1.165) is 5.69 Å². The van der Waals surface area contributed by atoms with Gasteiger partial charge in [-0.3, -0.25) is 19.3 Å². The van der Waals surface area contributed by atoms with Crippen LogP contribution < -0.4 is 15.8 Å². The third-order valence-corrected chi connectivity index (χ3v) is 4.50. The van der Waals surface area contributed by atoms with Gasteiger partial charge in [-0.1, -0.05) is 18.2 Å². The van der Waals surface area contributed by atoms with Gasteiger partial charge in [-0.05, 0) is 25.5 Å². The van der Waals surface area contributed by atoms with Crippen molar-refractivity contribution < 1.29 is 4.79 Å². The summed E-state index contributed by atoms with van der Waals surface area (Å²) in [6, 6.07) is 9.18. The highest BCUT2D eigenvalue weighted by atomic mass is 16.2. The van der Waals surface area contributed by atoms with Crippen molar-refractivity contribution in [1.29, 1.82) is 0 Å². The maximum absolute atomic E-state index is 12.8. The molecule has 0 aliphatic carbocycles. The highest BCUT2D eigenvalue weighted by Crippen LogP contribution is 2.27. The van der Waals surface area contributed by atoms with Gasteiger partial charge in [-0.2, -0.15) is 10.1 Å². The zero-order valence-electron chi connectivity index (χ0n) is 13.9. The number of aromatic amines is 1. The Labute approximate surface area is 143 Å². The molecular weight excluding hydrogens is 320 g/mol. The van der Waals surface area contributed by atoms with E-state index in [1.165, 1.54) is 10.9 Å². The maximum atomic E-state index is 12.8. The summed E-state index contributed by atoms with van der Waals surface area (Å²) < 4.78 is 1.53. The number of aryl methyl sites for hydroxylation is 1. The van der Waals surface area contributed by atoms with Crippen LogP contribution in [0.4, 0.5) is 11.6 Å². The van der Waals surface area contributed by atoms with Gasteiger partial charge in [0.2, 0.25) is 11.9 Å². The fourth-order valence-electron chi connectivity index (χ4n) is 3.29. The van der Waals surface area contributed by atoms with Gasteiger partial charge in [0.25, 0.3) is 5.56 Å². The maximum Gasteiger partial charge on any atom is 0.263 e. The zero-order chi connectivity index (χ0) is 17.6. The predicted octanol–water partition coefficient (Wildman–Crippen LogP) is 1.26. The molecule has 128 valence electrons. The van der Waals surface area contributed by atoms with E-state index in [9.17, 15) is 9.59 Å². The van der Waals surface area contributed by atoms with E-state index in [1.807, 2.05) is 37.3 Å². The lowest BCUT2D eigenvalue weighted by Gasteiger charge is -2.21. The summed E-state index contributed by atoms with van der Waals surface area (Å²) in [5, 5.41) is 7.53. The summed E-state index contributed by atoms with van der Waals surface area (Å²) in [4.78, 5) is 33.8. The number of fused-ring (bicyclic) bond motifs is 1. The molecule has 1 aromatic carbocycles. The lowest BCUT2D eigenvalue weighted by Crippen LogP contribution is -2.36. The van der Waals surface area contributed by atoms with Crippen molar-refractivity contribution in [2.75, 3.05) is 10.2 Å². The van der Waals surface area contributed by atoms with Gasteiger partial charge in [-0.15, -0.1) is 0 Å². The number of para-hydroxylation sites is 1. The highest BCUT2D eigenvalue weighted by molar-refractivity contribution is 6.01. The van der Waals surface area contributed by atoms with Crippen LogP contribution in [0, 0.1) is 0 Å². The van der Waals surface area contributed by atoms with Crippen LogP contribution in [0.1, 0.15) is 13.3 Å². The zero-order valence-corrected chi connectivity index (χ0v) is 13.9.